The van der Waals surface area contributed by atoms with Crippen molar-refractivity contribution in [1.82, 2.24) is 5.32 Å². The zero-order valence-corrected chi connectivity index (χ0v) is 20.1. The monoisotopic (exact) mass is 513 g/mol. The second-order valence-corrected chi connectivity index (χ2v) is 9.51. The van der Waals surface area contributed by atoms with Crippen LogP contribution >= 0.6 is 0 Å². The van der Waals surface area contributed by atoms with Crippen molar-refractivity contribution in [2.75, 3.05) is 26.4 Å². The second kappa shape index (κ2) is 13.4. The first-order valence-electron chi connectivity index (χ1n) is 11.6. The highest BCUT2D eigenvalue weighted by Crippen LogP contribution is 2.29. The van der Waals surface area contributed by atoms with Crippen LogP contribution in [0.4, 0.5) is 4.79 Å². The van der Waals surface area contributed by atoms with Gasteiger partial charge in [-0.05, 0) is 33.6 Å². The predicted octanol–water partition coefficient (Wildman–Crippen LogP) is -3.07. The molecular formula is C21H39NO13. The minimum atomic E-state index is -1.74. The fraction of sp³-hybridized carbons (Fsp3) is 0.952. The maximum absolute atomic E-state index is 11.6. The molecule has 1 amide bonds. The van der Waals surface area contributed by atoms with Crippen LogP contribution in [0.5, 0.6) is 0 Å². The molecule has 206 valence electrons. The average molecular weight is 514 g/mol. The van der Waals surface area contributed by atoms with Crippen LogP contribution < -0.4 is 5.32 Å². The number of ether oxygens (including phenoxy) is 5. The van der Waals surface area contributed by atoms with E-state index < -0.39 is 86.3 Å². The Balaban J connectivity index is 1.83. The van der Waals surface area contributed by atoms with Gasteiger partial charge in [0.05, 0.1) is 13.2 Å². The zero-order chi connectivity index (χ0) is 26.3. The topological polar surface area (TPSA) is 217 Å². The number of unbranched alkanes of at least 4 members (excludes halogenated alkanes) is 1. The van der Waals surface area contributed by atoms with Crippen LogP contribution in [-0.4, -0.2) is 135 Å². The van der Waals surface area contributed by atoms with Crippen molar-refractivity contribution in [1.29, 1.82) is 0 Å². The third-order valence-corrected chi connectivity index (χ3v) is 5.48. The largest absolute Gasteiger partial charge is 0.444 e. The molecule has 2 rings (SSSR count). The first kappa shape index (κ1) is 30.1. The van der Waals surface area contributed by atoms with Gasteiger partial charge in [-0.15, -0.1) is 0 Å². The number of hydrogen-bond acceptors (Lipinski definition) is 13. The van der Waals surface area contributed by atoms with E-state index in [1.54, 1.807) is 20.8 Å². The zero-order valence-electron chi connectivity index (χ0n) is 20.1. The van der Waals surface area contributed by atoms with E-state index in [0.29, 0.717) is 19.4 Å². The Kier molecular flexibility index (Phi) is 11.5. The molecule has 8 N–H and O–H groups in total. The predicted molar refractivity (Wildman–Crippen MR) is 116 cm³/mol. The molecule has 1 unspecified atom stereocenters. The number of rotatable bonds is 10. The van der Waals surface area contributed by atoms with Crippen LogP contribution in [0.15, 0.2) is 0 Å². The van der Waals surface area contributed by atoms with E-state index in [1.807, 2.05) is 0 Å². The van der Waals surface area contributed by atoms with E-state index in [4.69, 9.17) is 23.7 Å². The highest BCUT2D eigenvalue weighted by Gasteiger charge is 2.50. The molecule has 10 atom stereocenters. The average Bonchev–Trinajstić information content (AvgIpc) is 2.79. The minimum absolute atomic E-state index is 0.112. The van der Waals surface area contributed by atoms with Gasteiger partial charge in [-0.25, -0.2) is 4.79 Å². The molecule has 0 radical (unpaired) electrons. The Morgan fingerprint density at radius 3 is 2.03 bits per heavy atom. The molecule has 2 heterocycles. The first-order chi connectivity index (χ1) is 16.4. The highest BCUT2D eigenvalue weighted by molar-refractivity contribution is 5.67. The lowest BCUT2D eigenvalue weighted by atomic mass is 9.97. The van der Waals surface area contributed by atoms with E-state index in [9.17, 15) is 40.5 Å². The van der Waals surface area contributed by atoms with Gasteiger partial charge < -0.3 is 64.7 Å². The maximum atomic E-state index is 11.6. The van der Waals surface area contributed by atoms with Crippen LogP contribution in [0.1, 0.15) is 33.6 Å². The van der Waals surface area contributed by atoms with Gasteiger partial charge in [-0.1, -0.05) is 0 Å². The Labute approximate surface area is 203 Å². The molecule has 2 saturated heterocycles. The summed E-state index contributed by atoms with van der Waals surface area (Å²) in [7, 11) is 0. The van der Waals surface area contributed by atoms with Crippen molar-refractivity contribution < 1.29 is 64.2 Å². The first-order valence-corrected chi connectivity index (χ1v) is 11.6. The quantitative estimate of drug-likeness (QED) is 0.136. The lowest BCUT2D eigenvalue weighted by molar-refractivity contribution is -0.359. The summed E-state index contributed by atoms with van der Waals surface area (Å²) in [4.78, 5) is 11.6. The van der Waals surface area contributed by atoms with Gasteiger partial charge in [0.1, 0.15) is 54.4 Å². The fourth-order valence-corrected chi connectivity index (χ4v) is 3.62. The fourth-order valence-electron chi connectivity index (χ4n) is 3.62. The molecule has 2 aliphatic rings. The summed E-state index contributed by atoms with van der Waals surface area (Å²) in [6.07, 6.45) is -14.5. The standard InChI is InChI=1S/C21H39NO13/c1-21(2,3)35-20(30)22-6-4-5-7-31-18-16(29)14(27)17(11(9-24)33-18)34-19-15(28)13(26)12(25)10(8-23)32-19/h10-19,23-29H,4-9H2,1-3H3,(H,22,30)/t10-,11-,12+,13+,14-,15-,16-,17-,18?,19+/m1/s1. The van der Waals surface area contributed by atoms with Crippen molar-refractivity contribution in [2.24, 2.45) is 0 Å². The summed E-state index contributed by atoms with van der Waals surface area (Å²) in [6.45, 7) is 4.38. The Hall–Kier alpha value is -1.17. The number of amides is 1. The maximum Gasteiger partial charge on any atom is 0.407 e. The van der Waals surface area contributed by atoms with Crippen LogP contribution in [0.2, 0.25) is 0 Å². The van der Waals surface area contributed by atoms with Crippen molar-refractivity contribution >= 4 is 6.09 Å². The number of aliphatic hydroxyl groups is 7. The molecule has 0 spiro atoms. The normalized spacial score (nSPS) is 38.2. The van der Waals surface area contributed by atoms with Gasteiger partial charge in [0.25, 0.3) is 0 Å². The molecule has 35 heavy (non-hydrogen) atoms. The number of aliphatic hydroxyl groups excluding tert-OH is 7. The molecule has 0 saturated carbocycles. The van der Waals surface area contributed by atoms with Gasteiger partial charge in [0.15, 0.2) is 12.6 Å². The van der Waals surface area contributed by atoms with Gasteiger partial charge in [0, 0.05) is 13.2 Å². The van der Waals surface area contributed by atoms with Gasteiger partial charge in [-0.3, -0.25) is 0 Å². The van der Waals surface area contributed by atoms with Crippen LogP contribution in [0.25, 0.3) is 0 Å². The van der Waals surface area contributed by atoms with Gasteiger partial charge >= 0.3 is 6.09 Å². The molecule has 14 heteroatoms. The summed E-state index contributed by atoms with van der Waals surface area (Å²) in [5.41, 5.74) is -0.601. The summed E-state index contributed by atoms with van der Waals surface area (Å²) in [5.74, 6) is 0. The Morgan fingerprint density at radius 2 is 1.43 bits per heavy atom. The molecule has 0 aromatic heterocycles. The number of carbonyl (C=O) groups is 1. The number of carbonyl (C=O) groups excluding carboxylic acids is 1. The third-order valence-electron chi connectivity index (χ3n) is 5.48. The Morgan fingerprint density at radius 1 is 0.829 bits per heavy atom. The van der Waals surface area contributed by atoms with E-state index in [1.165, 1.54) is 0 Å². The summed E-state index contributed by atoms with van der Waals surface area (Å²) < 4.78 is 26.9. The van der Waals surface area contributed by atoms with Crippen LogP contribution in [0, 0.1) is 0 Å². The Bertz CT molecular complexity index is 643. The smallest absolute Gasteiger partial charge is 0.407 e. The summed E-state index contributed by atoms with van der Waals surface area (Å²) in [5, 5.41) is 72.5. The van der Waals surface area contributed by atoms with E-state index in [2.05, 4.69) is 5.32 Å². The lowest BCUT2D eigenvalue weighted by Crippen LogP contribution is -2.64. The van der Waals surface area contributed by atoms with Crippen molar-refractivity contribution in [3.63, 3.8) is 0 Å². The summed E-state index contributed by atoms with van der Waals surface area (Å²) >= 11 is 0. The van der Waals surface area contributed by atoms with E-state index in [-0.39, 0.29) is 6.61 Å². The van der Waals surface area contributed by atoms with Gasteiger partial charge in [-0.2, -0.15) is 0 Å². The van der Waals surface area contributed by atoms with Crippen LogP contribution in [-0.2, 0) is 23.7 Å². The van der Waals surface area contributed by atoms with E-state index >= 15 is 0 Å². The molecule has 2 fully saturated rings. The van der Waals surface area contributed by atoms with E-state index in [0.717, 1.165) is 0 Å². The van der Waals surface area contributed by atoms with Crippen molar-refractivity contribution in [3.8, 4) is 0 Å². The highest BCUT2D eigenvalue weighted by atomic mass is 16.7. The van der Waals surface area contributed by atoms with Crippen molar-refractivity contribution in [3.05, 3.63) is 0 Å². The third kappa shape index (κ3) is 8.43. The number of alkyl carbamates (subject to hydrolysis) is 1. The molecule has 0 aliphatic carbocycles. The molecule has 14 nitrogen and oxygen atoms in total. The number of nitrogens with one attached hydrogen (secondary N) is 1. The van der Waals surface area contributed by atoms with Gasteiger partial charge in [0.2, 0.25) is 0 Å². The lowest BCUT2D eigenvalue weighted by Gasteiger charge is -2.45. The minimum Gasteiger partial charge on any atom is -0.444 e. The van der Waals surface area contributed by atoms with Crippen LogP contribution in [0.3, 0.4) is 0 Å². The molecule has 0 bridgehead atoms. The molecule has 2 aliphatic heterocycles. The van der Waals surface area contributed by atoms with Crippen molar-refractivity contribution in [2.45, 2.75) is 101 Å². The number of hydrogen-bond donors (Lipinski definition) is 8. The SMILES string of the molecule is CC(C)(C)OC(=O)NCCCCOC1O[C@H](CO)[C@@H](O[C@@H]2O[C@H](CO)[C@H](O)[C@H](O)[C@H]2O)[C@H](O)[C@H]1O. The molecular weight excluding hydrogens is 474 g/mol. The summed E-state index contributed by atoms with van der Waals surface area (Å²) in [6, 6.07) is 0. The molecule has 0 aromatic carbocycles. The second-order valence-electron chi connectivity index (χ2n) is 9.51. The molecule has 0 aromatic rings.